The highest BCUT2D eigenvalue weighted by Crippen LogP contribution is 2.21. The normalized spacial score (nSPS) is 13.1. The number of aliphatic hydroxyl groups is 1. The van der Waals surface area contributed by atoms with Crippen molar-refractivity contribution < 1.29 is 14.3 Å². The SMILES string of the molecule is CC(C)(C)C(O)CCNC(=O)c1cc(=O)c2ccccc2o1. The minimum absolute atomic E-state index is 0.0195. The lowest BCUT2D eigenvalue weighted by molar-refractivity contribution is 0.0549. The maximum absolute atomic E-state index is 12.0. The van der Waals surface area contributed by atoms with E-state index in [9.17, 15) is 14.7 Å². The molecule has 0 aliphatic carbocycles. The number of carbonyl (C=O) groups excluding carboxylic acids is 1. The van der Waals surface area contributed by atoms with Crippen molar-refractivity contribution >= 4 is 16.9 Å². The molecular weight excluding hydrogens is 282 g/mol. The van der Waals surface area contributed by atoms with Gasteiger partial charge in [0.1, 0.15) is 5.58 Å². The van der Waals surface area contributed by atoms with Gasteiger partial charge in [0.2, 0.25) is 0 Å². The van der Waals surface area contributed by atoms with Gasteiger partial charge in [0, 0.05) is 12.6 Å². The molecule has 1 amide bonds. The molecule has 2 rings (SSSR count). The van der Waals surface area contributed by atoms with Crippen LogP contribution in [0.4, 0.5) is 0 Å². The Bertz CT molecular complexity index is 727. The number of amides is 1. The van der Waals surface area contributed by atoms with E-state index in [1.807, 2.05) is 20.8 Å². The van der Waals surface area contributed by atoms with E-state index in [-0.39, 0.29) is 16.6 Å². The van der Waals surface area contributed by atoms with Gasteiger partial charge in [-0.2, -0.15) is 0 Å². The van der Waals surface area contributed by atoms with E-state index in [0.29, 0.717) is 23.9 Å². The summed E-state index contributed by atoms with van der Waals surface area (Å²) in [6.07, 6.45) is -0.0797. The summed E-state index contributed by atoms with van der Waals surface area (Å²) in [7, 11) is 0. The number of aliphatic hydroxyl groups excluding tert-OH is 1. The molecule has 1 atom stereocenters. The Labute approximate surface area is 129 Å². The van der Waals surface area contributed by atoms with Gasteiger partial charge in [-0.05, 0) is 24.0 Å². The molecule has 22 heavy (non-hydrogen) atoms. The van der Waals surface area contributed by atoms with Crippen LogP contribution in [0, 0.1) is 5.41 Å². The first kappa shape index (κ1) is 16.2. The summed E-state index contributed by atoms with van der Waals surface area (Å²) in [6, 6.07) is 7.98. The van der Waals surface area contributed by atoms with Crippen LogP contribution in [0.3, 0.4) is 0 Å². The van der Waals surface area contributed by atoms with Crippen LogP contribution >= 0.6 is 0 Å². The molecule has 118 valence electrons. The predicted molar refractivity (Wildman–Crippen MR) is 84.9 cm³/mol. The molecule has 5 nitrogen and oxygen atoms in total. The van der Waals surface area contributed by atoms with Crippen LogP contribution in [0.15, 0.2) is 39.5 Å². The summed E-state index contributed by atoms with van der Waals surface area (Å²) in [6.45, 7) is 6.11. The first-order valence-corrected chi connectivity index (χ1v) is 7.28. The second kappa shape index (κ2) is 6.32. The lowest BCUT2D eigenvalue weighted by Crippen LogP contribution is -2.32. The topological polar surface area (TPSA) is 79.5 Å². The minimum atomic E-state index is -0.517. The summed E-state index contributed by atoms with van der Waals surface area (Å²) in [5.41, 5.74) is -0.100. The van der Waals surface area contributed by atoms with E-state index >= 15 is 0 Å². The van der Waals surface area contributed by atoms with E-state index < -0.39 is 12.0 Å². The van der Waals surface area contributed by atoms with Crippen molar-refractivity contribution in [1.82, 2.24) is 5.32 Å². The third-order valence-electron chi connectivity index (χ3n) is 3.56. The lowest BCUT2D eigenvalue weighted by Gasteiger charge is -2.25. The molecule has 0 radical (unpaired) electrons. The van der Waals surface area contributed by atoms with Gasteiger partial charge in [0.15, 0.2) is 11.2 Å². The smallest absolute Gasteiger partial charge is 0.287 e. The molecule has 2 N–H and O–H groups in total. The Morgan fingerprint density at radius 3 is 2.68 bits per heavy atom. The summed E-state index contributed by atoms with van der Waals surface area (Å²) >= 11 is 0. The van der Waals surface area contributed by atoms with Gasteiger partial charge in [-0.3, -0.25) is 9.59 Å². The predicted octanol–water partition coefficient (Wildman–Crippen LogP) is 2.32. The van der Waals surface area contributed by atoms with Crippen molar-refractivity contribution in [2.24, 2.45) is 5.41 Å². The third-order valence-corrected chi connectivity index (χ3v) is 3.56. The largest absolute Gasteiger partial charge is 0.451 e. The Balaban J connectivity index is 2.06. The number of nitrogens with one attached hydrogen (secondary N) is 1. The molecule has 1 aromatic carbocycles. The third kappa shape index (κ3) is 3.74. The van der Waals surface area contributed by atoms with Crippen LogP contribution in [0.2, 0.25) is 0 Å². The highest BCUT2D eigenvalue weighted by Gasteiger charge is 2.22. The number of carbonyl (C=O) groups is 1. The van der Waals surface area contributed by atoms with Crippen molar-refractivity contribution in [2.75, 3.05) is 6.54 Å². The molecule has 2 aromatic rings. The van der Waals surface area contributed by atoms with E-state index in [4.69, 9.17) is 4.42 Å². The molecule has 0 bridgehead atoms. The van der Waals surface area contributed by atoms with Gasteiger partial charge in [0.05, 0.1) is 11.5 Å². The number of para-hydroxylation sites is 1. The zero-order chi connectivity index (χ0) is 16.3. The Morgan fingerprint density at radius 1 is 1.32 bits per heavy atom. The van der Waals surface area contributed by atoms with Crippen molar-refractivity contribution in [2.45, 2.75) is 33.3 Å². The van der Waals surface area contributed by atoms with Gasteiger partial charge >= 0.3 is 0 Å². The molecule has 1 heterocycles. The molecule has 0 aliphatic rings. The number of benzene rings is 1. The summed E-state index contributed by atoms with van der Waals surface area (Å²) in [4.78, 5) is 24.0. The van der Waals surface area contributed by atoms with Gasteiger partial charge in [-0.15, -0.1) is 0 Å². The van der Waals surface area contributed by atoms with Crippen molar-refractivity contribution in [1.29, 1.82) is 0 Å². The van der Waals surface area contributed by atoms with E-state index in [1.54, 1.807) is 24.3 Å². The molecule has 5 heteroatoms. The maximum Gasteiger partial charge on any atom is 0.287 e. The van der Waals surface area contributed by atoms with Crippen molar-refractivity contribution in [3.05, 3.63) is 46.3 Å². The Hall–Kier alpha value is -2.14. The molecule has 0 saturated heterocycles. The molecule has 0 spiro atoms. The monoisotopic (exact) mass is 303 g/mol. The van der Waals surface area contributed by atoms with Crippen molar-refractivity contribution in [3.63, 3.8) is 0 Å². The standard InChI is InChI=1S/C17H21NO4/c1-17(2,3)15(20)8-9-18-16(21)14-10-12(19)11-6-4-5-7-13(11)22-14/h4-7,10,15,20H,8-9H2,1-3H3,(H,18,21). The first-order valence-electron chi connectivity index (χ1n) is 7.28. The number of hydrogen-bond donors (Lipinski definition) is 2. The average Bonchev–Trinajstić information content (AvgIpc) is 2.46. The van der Waals surface area contributed by atoms with E-state index in [0.717, 1.165) is 0 Å². The lowest BCUT2D eigenvalue weighted by atomic mass is 9.87. The van der Waals surface area contributed by atoms with Crippen LogP contribution in [-0.2, 0) is 0 Å². The number of hydrogen-bond acceptors (Lipinski definition) is 4. The van der Waals surface area contributed by atoms with Crippen LogP contribution in [0.25, 0.3) is 11.0 Å². The zero-order valence-electron chi connectivity index (χ0n) is 13.1. The van der Waals surface area contributed by atoms with Gasteiger partial charge in [-0.25, -0.2) is 0 Å². The number of rotatable bonds is 4. The fraction of sp³-hybridized carbons (Fsp3) is 0.412. The van der Waals surface area contributed by atoms with Gasteiger partial charge in [0.25, 0.3) is 5.91 Å². The van der Waals surface area contributed by atoms with Crippen LogP contribution in [0.1, 0.15) is 37.7 Å². The van der Waals surface area contributed by atoms with E-state index in [2.05, 4.69) is 5.32 Å². The summed E-state index contributed by atoms with van der Waals surface area (Å²) in [5, 5.41) is 13.0. The first-order chi connectivity index (χ1) is 10.3. The summed E-state index contributed by atoms with van der Waals surface area (Å²) in [5.74, 6) is -0.474. The number of fused-ring (bicyclic) bond motifs is 1. The fourth-order valence-electron chi connectivity index (χ4n) is 2.06. The Kier molecular flexibility index (Phi) is 4.66. The van der Waals surface area contributed by atoms with E-state index in [1.165, 1.54) is 6.07 Å². The molecule has 0 fully saturated rings. The molecule has 1 unspecified atom stereocenters. The summed E-state index contributed by atoms with van der Waals surface area (Å²) < 4.78 is 5.45. The molecule has 0 aliphatic heterocycles. The van der Waals surface area contributed by atoms with Crippen LogP contribution < -0.4 is 10.7 Å². The average molecular weight is 303 g/mol. The van der Waals surface area contributed by atoms with Crippen LogP contribution in [-0.4, -0.2) is 23.7 Å². The van der Waals surface area contributed by atoms with Gasteiger partial charge in [-0.1, -0.05) is 32.9 Å². The molecule has 1 aromatic heterocycles. The molecule has 0 saturated carbocycles. The zero-order valence-corrected chi connectivity index (χ0v) is 13.1. The van der Waals surface area contributed by atoms with Gasteiger partial charge < -0.3 is 14.8 Å². The highest BCUT2D eigenvalue weighted by molar-refractivity contribution is 5.93. The Morgan fingerprint density at radius 2 is 2.00 bits per heavy atom. The quantitative estimate of drug-likeness (QED) is 0.908. The maximum atomic E-state index is 12.0. The highest BCUT2D eigenvalue weighted by atomic mass is 16.3. The van der Waals surface area contributed by atoms with Crippen LogP contribution in [0.5, 0.6) is 0 Å². The minimum Gasteiger partial charge on any atom is -0.451 e. The second-order valence-electron chi connectivity index (χ2n) is 6.40. The fourth-order valence-corrected chi connectivity index (χ4v) is 2.06. The molecular formula is C17H21NO4. The van der Waals surface area contributed by atoms with Crippen molar-refractivity contribution in [3.8, 4) is 0 Å². The second-order valence-corrected chi connectivity index (χ2v) is 6.40.